The molecule has 0 saturated heterocycles. The molecule has 0 unspecified atom stereocenters. The third-order valence-electron chi connectivity index (χ3n) is 1.78. The van der Waals surface area contributed by atoms with Crippen LogP contribution in [-0.4, -0.2) is 44.9 Å². The van der Waals surface area contributed by atoms with Crippen molar-refractivity contribution in [3.8, 4) is 0 Å². The van der Waals surface area contributed by atoms with Gasteiger partial charge in [-0.2, -0.15) is 14.6 Å². The smallest absolute Gasteiger partial charge is 0.254 e. The van der Waals surface area contributed by atoms with Gasteiger partial charge >= 0.3 is 0 Å². The lowest BCUT2D eigenvalue weighted by Gasteiger charge is -2.03. The van der Waals surface area contributed by atoms with Gasteiger partial charge in [-0.1, -0.05) is 0 Å². The number of hydrogen-bond acceptors (Lipinski definition) is 4. The molecule has 15 heavy (non-hydrogen) atoms. The molecular formula is C9H12N6. The Morgan fingerprint density at radius 3 is 3.00 bits per heavy atom. The van der Waals surface area contributed by atoms with E-state index in [9.17, 15) is 0 Å². The Morgan fingerprint density at radius 2 is 2.27 bits per heavy atom. The molecule has 0 bridgehead atoms. The topological polar surface area (TPSA) is 58.7 Å². The summed E-state index contributed by atoms with van der Waals surface area (Å²) in [7, 11) is 3.83. The average molecular weight is 204 g/mol. The first-order valence-corrected chi connectivity index (χ1v) is 4.55. The van der Waals surface area contributed by atoms with Crippen LogP contribution in [0.4, 0.5) is 5.82 Å². The van der Waals surface area contributed by atoms with Gasteiger partial charge in [-0.25, -0.2) is 9.98 Å². The molecule has 0 atom stereocenters. The zero-order valence-corrected chi connectivity index (χ0v) is 8.92. The minimum Gasteiger partial charge on any atom is -0.369 e. The zero-order chi connectivity index (χ0) is 10.8. The van der Waals surface area contributed by atoms with Crippen LogP contribution in [-0.2, 0) is 0 Å². The lowest BCUT2D eigenvalue weighted by Crippen LogP contribution is -2.07. The second kappa shape index (κ2) is 3.64. The lowest BCUT2D eigenvalue weighted by atomic mass is 10.4. The number of aromatic nitrogens is 4. The van der Waals surface area contributed by atoms with E-state index in [1.165, 1.54) is 6.33 Å². The van der Waals surface area contributed by atoms with Crippen molar-refractivity contribution >= 4 is 17.9 Å². The molecule has 0 aliphatic heterocycles. The summed E-state index contributed by atoms with van der Waals surface area (Å²) in [6.45, 7) is 1.91. The maximum absolute atomic E-state index is 4.29. The molecule has 6 nitrogen and oxygen atoms in total. The van der Waals surface area contributed by atoms with E-state index in [0.717, 1.165) is 11.5 Å². The van der Waals surface area contributed by atoms with Crippen LogP contribution in [0.25, 0.3) is 5.78 Å². The van der Waals surface area contributed by atoms with Gasteiger partial charge in [0.1, 0.15) is 6.33 Å². The van der Waals surface area contributed by atoms with Crippen LogP contribution in [0, 0.1) is 6.92 Å². The van der Waals surface area contributed by atoms with E-state index < -0.39 is 0 Å². The van der Waals surface area contributed by atoms with Gasteiger partial charge in [0.2, 0.25) is 0 Å². The average Bonchev–Trinajstić information content (AvgIpc) is 2.61. The van der Waals surface area contributed by atoms with Gasteiger partial charge in [0.25, 0.3) is 5.78 Å². The van der Waals surface area contributed by atoms with Crippen molar-refractivity contribution in [1.82, 2.24) is 24.5 Å². The lowest BCUT2D eigenvalue weighted by molar-refractivity contribution is 0.642. The van der Waals surface area contributed by atoms with Crippen molar-refractivity contribution in [2.24, 2.45) is 4.99 Å². The third-order valence-corrected chi connectivity index (χ3v) is 1.78. The fourth-order valence-corrected chi connectivity index (χ4v) is 1.18. The van der Waals surface area contributed by atoms with Gasteiger partial charge in [-0.05, 0) is 6.92 Å². The summed E-state index contributed by atoms with van der Waals surface area (Å²) in [6, 6.07) is 1.86. The number of aliphatic imine (C=N–C) groups is 1. The van der Waals surface area contributed by atoms with Crippen LogP contribution in [0.1, 0.15) is 5.69 Å². The number of hydrogen-bond donors (Lipinski definition) is 0. The highest BCUT2D eigenvalue weighted by Crippen LogP contribution is 2.12. The van der Waals surface area contributed by atoms with Gasteiger partial charge in [0.05, 0.1) is 6.34 Å². The summed E-state index contributed by atoms with van der Waals surface area (Å²) in [5.74, 6) is 1.30. The van der Waals surface area contributed by atoms with E-state index in [0.29, 0.717) is 5.78 Å². The van der Waals surface area contributed by atoms with E-state index in [-0.39, 0.29) is 0 Å². The minimum atomic E-state index is 0.570. The summed E-state index contributed by atoms with van der Waals surface area (Å²) in [5.41, 5.74) is 0.876. The van der Waals surface area contributed by atoms with E-state index in [2.05, 4.69) is 20.1 Å². The molecule has 78 valence electrons. The molecule has 0 aliphatic carbocycles. The van der Waals surface area contributed by atoms with Gasteiger partial charge in [-0.15, -0.1) is 0 Å². The number of nitrogens with zero attached hydrogens (tertiary/aromatic N) is 6. The maximum atomic E-state index is 4.29. The number of rotatable bonds is 2. The molecule has 2 aromatic heterocycles. The second-order valence-corrected chi connectivity index (χ2v) is 3.44. The van der Waals surface area contributed by atoms with Crippen molar-refractivity contribution < 1.29 is 0 Å². The molecule has 6 heteroatoms. The molecular weight excluding hydrogens is 192 g/mol. The normalized spacial score (nSPS) is 11.4. The van der Waals surface area contributed by atoms with Crippen LogP contribution >= 0.6 is 0 Å². The molecule has 0 spiro atoms. The quantitative estimate of drug-likeness (QED) is 0.532. The van der Waals surface area contributed by atoms with Crippen molar-refractivity contribution in [2.75, 3.05) is 14.1 Å². The first kappa shape index (κ1) is 9.57. The molecule has 0 fully saturated rings. The highest BCUT2D eigenvalue weighted by Gasteiger charge is 2.03. The summed E-state index contributed by atoms with van der Waals surface area (Å²) in [4.78, 5) is 14.4. The highest BCUT2D eigenvalue weighted by molar-refractivity contribution is 5.60. The predicted octanol–water partition coefficient (Wildman–Crippen LogP) is 0.654. The Labute approximate surface area is 87.3 Å². The van der Waals surface area contributed by atoms with E-state index in [1.807, 2.05) is 32.0 Å². The molecule has 0 radical (unpaired) electrons. The summed E-state index contributed by atoms with van der Waals surface area (Å²) in [5, 5.41) is 4.05. The fraction of sp³-hybridized carbons (Fsp3) is 0.333. The standard InChI is InChI=1S/C9H12N6/c1-7-4-8(11-6-14(2)3)15-9(13-7)10-5-12-15/h4-6H,1-3H3/b11-6-. The molecule has 0 saturated carbocycles. The summed E-state index contributed by atoms with van der Waals surface area (Å²) < 4.78 is 1.60. The summed E-state index contributed by atoms with van der Waals surface area (Å²) in [6.07, 6.45) is 3.19. The van der Waals surface area contributed by atoms with Crippen molar-refractivity contribution in [3.05, 3.63) is 18.1 Å². The Hall–Kier alpha value is -1.98. The van der Waals surface area contributed by atoms with E-state index in [4.69, 9.17) is 0 Å². The van der Waals surface area contributed by atoms with Crippen molar-refractivity contribution in [1.29, 1.82) is 0 Å². The third kappa shape index (κ3) is 1.93. The van der Waals surface area contributed by atoms with Crippen LogP contribution in [0.2, 0.25) is 0 Å². The number of aryl methyl sites for hydroxylation is 1. The Balaban J connectivity index is 2.53. The Morgan fingerprint density at radius 1 is 1.47 bits per heavy atom. The first-order valence-electron chi connectivity index (χ1n) is 4.55. The predicted molar refractivity (Wildman–Crippen MR) is 57.4 cm³/mol. The molecule has 2 aromatic rings. The van der Waals surface area contributed by atoms with Crippen molar-refractivity contribution in [3.63, 3.8) is 0 Å². The van der Waals surface area contributed by atoms with Gasteiger partial charge < -0.3 is 4.90 Å². The molecule has 2 heterocycles. The molecule has 2 rings (SSSR count). The minimum absolute atomic E-state index is 0.570. The Bertz CT molecular complexity index is 498. The van der Waals surface area contributed by atoms with Gasteiger partial charge in [0.15, 0.2) is 5.82 Å². The zero-order valence-electron chi connectivity index (χ0n) is 8.92. The highest BCUT2D eigenvalue weighted by atomic mass is 15.3. The first-order chi connectivity index (χ1) is 7.16. The molecule has 0 aromatic carbocycles. The van der Waals surface area contributed by atoms with Gasteiger partial charge in [0, 0.05) is 25.9 Å². The van der Waals surface area contributed by atoms with Crippen LogP contribution in [0.3, 0.4) is 0 Å². The summed E-state index contributed by atoms with van der Waals surface area (Å²) >= 11 is 0. The van der Waals surface area contributed by atoms with Crippen molar-refractivity contribution in [2.45, 2.75) is 6.92 Å². The van der Waals surface area contributed by atoms with Crippen LogP contribution in [0.15, 0.2) is 17.4 Å². The van der Waals surface area contributed by atoms with E-state index >= 15 is 0 Å². The van der Waals surface area contributed by atoms with Gasteiger partial charge in [-0.3, -0.25) is 0 Å². The monoisotopic (exact) mass is 204 g/mol. The van der Waals surface area contributed by atoms with Crippen LogP contribution < -0.4 is 0 Å². The molecule has 0 N–H and O–H groups in total. The van der Waals surface area contributed by atoms with Crippen LogP contribution in [0.5, 0.6) is 0 Å². The SMILES string of the molecule is Cc1cc(/N=C\N(C)C)n2ncnc2n1. The number of fused-ring (bicyclic) bond motifs is 1. The molecule has 0 amide bonds. The fourth-order valence-electron chi connectivity index (χ4n) is 1.18. The molecule has 0 aliphatic rings. The maximum Gasteiger partial charge on any atom is 0.254 e. The second-order valence-electron chi connectivity index (χ2n) is 3.44. The largest absolute Gasteiger partial charge is 0.369 e. The Kier molecular flexibility index (Phi) is 2.32. The van der Waals surface area contributed by atoms with E-state index in [1.54, 1.807) is 10.9 Å².